The SMILES string of the molecule is CNC(Cc1cc2c(cc1C)OCCO2)C(C)C. The van der Waals surface area contributed by atoms with Crippen LogP contribution in [0.3, 0.4) is 0 Å². The Hall–Kier alpha value is -1.22. The van der Waals surface area contributed by atoms with Crippen LogP contribution in [0.25, 0.3) is 0 Å². The van der Waals surface area contributed by atoms with E-state index in [1.807, 2.05) is 7.05 Å². The van der Waals surface area contributed by atoms with Gasteiger partial charge < -0.3 is 14.8 Å². The van der Waals surface area contributed by atoms with Crippen molar-refractivity contribution in [3.05, 3.63) is 23.3 Å². The molecule has 1 unspecified atom stereocenters. The van der Waals surface area contributed by atoms with Crippen molar-refractivity contribution in [2.24, 2.45) is 5.92 Å². The van der Waals surface area contributed by atoms with Gasteiger partial charge in [0.1, 0.15) is 13.2 Å². The van der Waals surface area contributed by atoms with Crippen molar-refractivity contribution in [1.29, 1.82) is 0 Å². The topological polar surface area (TPSA) is 30.5 Å². The normalized spacial score (nSPS) is 15.8. The number of benzene rings is 1. The van der Waals surface area contributed by atoms with Crippen molar-refractivity contribution in [3.8, 4) is 11.5 Å². The second-order valence-corrected chi connectivity index (χ2v) is 5.27. The van der Waals surface area contributed by atoms with E-state index >= 15 is 0 Å². The number of rotatable bonds is 4. The third kappa shape index (κ3) is 2.78. The summed E-state index contributed by atoms with van der Waals surface area (Å²) in [5.41, 5.74) is 2.62. The molecule has 2 rings (SSSR count). The number of hydrogen-bond donors (Lipinski definition) is 1. The predicted molar refractivity (Wildman–Crippen MR) is 73.6 cm³/mol. The Balaban J connectivity index is 2.22. The van der Waals surface area contributed by atoms with E-state index in [1.165, 1.54) is 11.1 Å². The molecule has 3 heteroatoms. The molecule has 1 aromatic rings. The van der Waals surface area contributed by atoms with Gasteiger partial charge in [-0.15, -0.1) is 0 Å². The van der Waals surface area contributed by atoms with Crippen LogP contribution in [0, 0.1) is 12.8 Å². The van der Waals surface area contributed by atoms with Crippen LogP contribution in [0.5, 0.6) is 11.5 Å². The van der Waals surface area contributed by atoms with Crippen LogP contribution in [0.2, 0.25) is 0 Å². The van der Waals surface area contributed by atoms with Crippen molar-refractivity contribution >= 4 is 0 Å². The summed E-state index contributed by atoms with van der Waals surface area (Å²) in [5.74, 6) is 2.39. The van der Waals surface area contributed by atoms with E-state index < -0.39 is 0 Å². The van der Waals surface area contributed by atoms with E-state index in [0.717, 1.165) is 17.9 Å². The summed E-state index contributed by atoms with van der Waals surface area (Å²) < 4.78 is 11.2. The molecule has 0 aliphatic carbocycles. The summed E-state index contributed by atoms with van der Waals surface area (Å²) in [6, 6.07) is 4.72. The molecule has 100 valence electrons. The first kappa shape index (κ1) is 13.2. The minimum Gasteiger partial charge on any atom is -0.486 e. The molecule has 1 N–H and O–H groups in total. The van der Waals surface area contributed by atoms with Gasteiger partial charge in [-0.2, -0.15) is 0 Å². The first-order chi connectivity index (χ1) is 8.61. The molecular weight excluding hydrogens is 226 g/mol. The Morgan fingerprint density at radius 1 is 1.17 bits per heavy atom. The molecule has 1 heterocycles. The molecule has 0 radical (unpaired) electrons. The van der Waals surface area contributed by atoms with E-state index in [1.54, 1.807) is 0 Å². The number of hydrogen-bond acceptors (Lipinski definition) is 3. The van der Waals surface area contributed by atoms with Crippen LogP contribution in [0.4, 0.5) is 0 Å². The van der Waals surface area contributed by atoms with Crippen molar-refractivity contribution in [2.45, 2.75) is 33.2 Å². The lowest BCUT2D eigenvalue weighted by atomic mass is 9.94. The second kappa shape index (κ2) is 5.61. The lowest BCUT2D eigenvalue weighted by molar-refractivity contribution is 0.171. The van der Waals surface area contributed by atoms with Crippen LogP contribution in [-0.2, 0) is 6.42 Å². The smallest absolute Gasteiger partial charge is 0.161 e. The molecular formula is C15H23NO2. The zero-order chi connectivity index (χ0) is 13.1. The summed E-state index contributed by atoms with van der Waals surface area (Å²) in [5, 5.41) is 3.39. The number of nitrogens with one attached hydrogen (secondary N) is 1. The summed E-state index contributed by atoms with van der Waals surface area (Å²) in [7, 11) is 2.03. The van der Waals surface area contributed by atoms with E-state index in [-0.39, 0.29) is 0 Å². The van der Waals surface area contributed by atoms with E-state index in [9.17, 15) is 0 Å². The van der Waals surface area contributed by atoms with Gasteiger partial charge in [0.25, 0.3) is 0 Å². The highest BCUT2D eigenvalue weighted by atomic mass is 16.6. The number of ether oxygens (including phenoxy) is 2. The molecule has 1 atom stereocenters. The molecule has 0 aromatic heterocycles. The highest BCUT2D eigenvalue weighted by Crippen LogP contribution is 2.33. The summed E-state index contributed by atoms with van der Waals surface area (Å²) in [6.45, 7) is 7.93. The molecule has 0 amide bonds. The zero-order valence-electron chi connectivity index (χ0n) is 11.7. The maximum atomic E-state index is 5.65. The predicted octanol–water partition coefficient (Wildman–Crippen LogP) is 2.55. The van der Waals surface area contributed by atoms with Gasteiger partial charge in [-0.25, -0.2) is 0 Å². The van der Waals surface area contributed by atoms with Crippen LogP contribution < -0.4 is 14.8 Å². The molecule has 0 saturated heterocycles. The Kier molecular flexibility index (Phi) is 4.12. The standard InChI is InChI=1S/C15H23NO2/c1-10(2)13(16-4)8-12-9-15-14(7-11(12)3)17-5-6-18-15/h7,9-10,13,16H,5-6,8H2,1-4H3. The molecule has 0 bridgehead atoms. The van der Waals surface area contributed by atoms with Gasteiger partial charge in [0.2, 0.25) is 0 Å². The largest absolute Gasteiger partial charge is 0.486 e. The molecule has 1 aliphatic heterocycles. The minimum absolute atomic E-state index is 0.492. The summed E-state index contributed by atoms with van der Waals surface area (Å²) in [4.78, 5) is 0. The van der Waals surface area contributed by atoms with Gasteiger partial charge in [0, 0.05) is 6.04 Å². The van der Waals surface area contributed by atoms with Crippen LogP contribution in [0.1, 0.15) is 25.0 Å². The summed E-state index contributed by atoms with van der Waals surface area (Å²) in [6.07, 6.45) is 1.02. The number of likely N-dealkylation sites (N-methyl/N-ethyl adjacent to an activating group) is 1. The lowest BCUT2D eigenvalue weighted by Crippen LogP contribution is -2.33. The van der Waals surface area contributed by atoms with Gasteiger partial charge >= 0.3 is 0 Å². The number of fused-ring (bicyclic) bond motifs is 1. The second-order valence-electron chi connectivity index (χ2n) is 5.27. The fraction of sp³-hybridized carbons (Fsp3) is 0.600. The highest BCUT2D eigenvalue weighted by molar-refractivity contribution is 5.48. The third-order valence-corrected chi connectivity index (χ3v) is 3.62. The Bertz CT molecular complexity index is 415. The highest BCUT2D eigenvalue weighted by Gasteiger charge is 2.17. The van der Waals surface area contributed by atoms with E-state index in [2.05, 4.69) is 38.2 Å². The first-order valence-corrected chi connectivity index (χ1v) is 6.68. The average molecular weight is 249 g/mol. The quantitative estimate of drug-likeness (QED) is 0.889. The van der Waals surface area contributed by atoms with Gasteiger partial charge in [-0.1, -0.05) is 13.8 Å². The van der Waals surface area contributed by atoms with Gasteiger partial charge in [-0.05, 0) is 49.6 Å². The van der Waals surface area contributed by atoms with Crippen molar-refractivity contribution < 1.29 is 9.47 Å². The first-order valence-electron chi connectivity index (χ1n) is 6.68. The maximum Gasteiger partial charge on any atom is 0.161 e. The van der Waals surface area contributed by atoms with E-state index in [4.69, 9.17) is 9.47 Å². The lowest BCUT2D eigenvalue weighted by Gasteiger charge is -2.24. The van der Waals surface area contributed by atoms with Gasteiger partial charge in [0.15, 0.2) is 11.5 Å². The van der Waals surface area contributed by atoms with Crippen LogP contribution in [0.15, 0.2) is 12.1 Å². The van der Waals surface area contributed by atoms with Gasteiger partial charge in [-0.3, -0.25) is 0 Å². The van der Waals surface area contributed by atoms with Crippen molar-refractivity contribution in [3.63, 3.8) is 0 Å². The van der Waals surface area contributed by atoms with Crippen molar-refractivity contribution in [1.82, 2.24) is 5.32 Å². The molecule has 0 saturated carbocycles. The molecule has 0 spiro atoms. The summed E-state index contributed by atoms with van der Waals surface area (Å²) >= 11 is 0. The number of aryl methyl sites for hydroxylation is 1. The zero-order valence-corrected chi connectivity index (χ0v) is 11.7. The average Bonchev–Trinajstić information content (AvgIpc) is 2.35. The molecule has 0 fully saturated rings. The Morgan fingerprint density at radius 2 is 1.78 bits per heavy atom. The van der Waals surface area contributed by atoms with Gasteiger partial charge in [0.05, 0.1) is 0 Å². The molecule has 1 aliphatic rings. The molecule has 3 nitrogen and oxygen atoms in total. The molecule has 18 heavy (non-hydrogen) atoms. The van der Waals surface area contributed by atoms with E-state index in [0.29, 0.717) is 25.2 Å². The minimum atomic E-state index is 0.492. The Morgan fingerprint density at radius 3 is 2.33 bits per heavy atom. The monoisotopic (exact) mass is 249 g/mol. The third-order valence-electron chi connectivity index (χ3n) is 3.62. The Labute approximate surface area is 109 Å². The maximum absolute atomic E-state index is 5.65. The molecule has 1 aromatic carbocycles. The van der Waals surface area contributed by atoms with Crippen LogP contribution >= 0.6 is 0 Å². The fourth-order valence-electron chi connectivity index (χ4n) is 2.36. The fourth-order valence-corrected chi connectivity index (χ4v) is 2.36. The van der Waals surface area contributed by atoms with Crippen molar-refractivity contribution in [2.75, 3.05) is 20.3 Å². The van der Waals surface area contributed by atoms with Crippen LogP contribution in [-0.4, -0.2) is 26.3 Å².